The summed E-state index contributed by atoms with van der Waals surface area (Å²) in [4.78, 5) is 4.15. The minimum Gasteiger partial charge on any atom is -0.392 e. The molecule has 0 radical (unpaired) electrons. The summed E-state index contributed by atoms with van der Waals surface area (Å²) < 4.78 is 1.87. The first kappa shape index (κ1) is 11.2. The lowest BCUT2D eigenvalue weighted by molar-refractivity contribution is 0.122. The molecule has 0 amide bonds. The quantitative estimate of drug-likeness (QED) is 0.772. The maximum Gasteiger partial charge on any atom is 0.138 e. The van der Waals surface area contributed by atoms with Crippen LogP contribution in [0.1, 0.15) is 33.0 Å². The van der Waals surface area contributed by atoms with Gasteiger partial charge in [-0.25, -0.2) is 4.98 Å². The first-order valence-electron chi connectivity index (χ1n) is 5.19. The second-order valence-electron chi connectivity index (χ2n) is 3.91. The highest BCUT2D eigenvalue weighted by molar-refractivity contribution is 4.88. The number of aryl methyl sites for hydroxylation is 1. The number of nitrogens with zero attached hydrogens (tertiary/aromatic N) is 3. The van der Waals surface area contributed by atoms with Gasteiger partial charge in [-0.2, -0.15) is 5.10 Å². The van der Waals surface area contributed by atoms with Gasteiger partial charge < -0.3 is 5.11 Å². The lowest BCUT2D eigenvalue weighted by Gasteiger charge is -2.13. The van der Waals surface area contributed by atoms with Crippen LogP contribution >= 0.6 is 0 Å². The summed E-state index contributed by atoms with van der Waals surface area (Å²) in [5.74, 6) is 1.15. The van der Waals surface area contributed by atoms with Gasteiger partial charge in [0, 0.05) is 13.0 Å². The van der Waals surface area contributed by atoms with Crippen molar-refractivity contribution >= 4 is 0 Å². The normalized spacial score (nSPS) is 13.5. The van der Waals surface area contributed by atoms with Gasteiger partial charge in [0.25, 0.3) is 0 Å². The van der Waals surface area contributed by atoms with Crippen molar-refractivity contribution < 1.29 is 5.11 Å². The molecular formula is C10H19N3O. The summed E-state index contributed by atoms with van der Waals surface area (Å²) >= 11 is 0. The molecule has 0 aliphatic carbocycles. The standard InChI is InChI=1S/C10H19N3O/c1-4-5-13-10(11-7-12-13)6-9(14)8(2)3/h7-9,14H,4-6H2,1-3H3. The van der Waals surface area contributed by atoms with E-state index in [0.717, 1.165) is 18.8 Å². The van der Waals surface area contributed by atoms with E-state index in [9.17, 15) is 5.11 Å². The molecule has 14 heavy (non-hydrogen) atoms. The minimum absolute atomic E-state index is 0.266. The zero-order valence-corrected chi connectivity index (χ0v) is 9.14. The predicted molar refractivity (Wildman–Crippen MR) is 54.9 cm³/mol. The average molecular weight is 197 g/mol. The van der Waals surface area contributed by atoms with Crippen molar-refractivity contribution in [2.45, 2.75) is 46.3 Å². The van der Waals surface area contributed by atoms with Crippen molar-refractivity contribution in [2.24, 2.45) is 5.92 Å². The van der Waals surface area contributed by atoms with Crippen LogP contribution in [0.4, 0.5) is 0 Å². The van der Waals surface area contributed by atoms with E-state index in [-0.39, 0.29) is 12.0 Å². The third-order valence-corrected chi connectivity index (χ3v) is 2.29. The number of aliphatic hydroxyl groups excluding tert-OH is 1. The lowest BCUT2D eigenvalue weighted by atomic mass is 10.0. The molecule has 80 valence electrons. The lowest BCUT2D eigenvalue weighted by Crippen LogP contribution is -2.20. The second kappa shape index (κ2) is 5.10. The van der Waals surface area contributed by atoms with Gasteiger partial charge >= 0.3 is 0 Å². The highest BCUT2D eigenvalue weighted by Gasteiger charge is 2.13. The molecule has 0 aromatic carbocycles. The van der Waals surface area contributed by atoms with Crippen LogP contribution in [0.25, 0.3) is 0 Å². The Balaban J connectivity index is 2.61. The van der Waals surface area contributed by atoms with E-state index in [1.54, 1.807) is 6.33 Å². The Hall–Kier alpha value is -0.900. The zero-order valence-electron chi connectivity index (χ0n) is 9.14. The van der Waals surface area contributed by atoms with Crippen LogP contribution in [-0.4, -0.2) is 26.0 Å². The summed E-state index contributed by atoms with van der Waals surface area (Å²) in [7, 11) is 0. The molecule has 1 heterocycles. The van der Waals surface area contributed by atoms with Gasteiger partial charge in [0.15, 0.2) is 0 Å². The Morgan fingerprint density at radius 3 is 2.79 bits per heavy atom. The van der Waals surface area contributed by atoms with Crippen molar-refractivity contribution in [3.05, 3.63) is 12.2 Å². The number of aromatic nitrogens is 3. The predicted octanol–water partition coefficient (Wildman–Crippen LogP) is 1.25. The molecule has 1 aromatic rings. The fraction of sp³-hybridized carbons (Fsp3) is 0.800. The summed E-state index contributed by atoms with van der Waals surface area (Å²) in [5.41, 5.74) is 0. The summed E-state index contributed by atoms with van der Waals surface area (Å²) in [6.07, 6.45) is 2.86. The third-order valence-electron chi connectivity index (χ3n) is 2.29. The van der Waals surface area contributed by atoms with Gasteiger partial charge in [-0.15, -0.1) is 0 Å². The fourth-order valence-corrected chi connectivity index (χ4v) is 1.27. The smallest absolute Gasteiger partial charge is 0.138 e. The van der Waals surface area contributed by atoms with E-state index in [1.807, 2.05) is 18.5 Å². The summed E-state index contributed by atoms with van der Waals surface area (Å²) in [6.45, 7) is 6.99. The number of hydrogen-bond acceptors (Lipinski definition) is 3. The topological polar surface area (TPSA) is 50.9 Å². The zero-order chi connectivity index (χ0) is 10.6. The summed E-state index contributed by atoms with van der Waals surface area (Å²) in [6, 6.07) is 0. The van der Waals surface area contributed by atoms with Crippen LogP contribution in [0.15, 0.2) is 6.33 Å². The van der Waals surface area contributed by atoms with Crippen LogP contribution in [0.5, 0.6) is 0 Å². The molecule has 1 rings (SSSR count). The largest absolute Gasteiger partial charge is 0.392 e. The van der Waals surface area contributed by atoms with E-state index in [1.165, 1.54) is 0 Å². The Labute approximate surface area is 85.0 Å². The number of rotatable bonds is 5. The Bertz CT molecular complexity index is 270. The molecule has 0 bridgehead atoms. The van der Waals surface area contributed by atoms with Crippen LogP contribution in [0, 0.1) is 5.92 Å². The Morgan fingerprint density at radius 1 is 1.50 bits per heavy atom. The van der Waals surface area contributed by atoms with Crippen molar-refractivity contribution in [1.29, 1.82) is 0 Å². The summed E-state index contributed by atoms with van der Waals surface area (Å²) in [5, 5.41) is 13.8. The van der Waals surface area contributed by atoms with Gasteiger partial charge in [-0.05, 0) is 12.3 Å². The van der Waals surface area contributed by atoms with E-state index in [0.29, 0.717) is 6.42 Å². The van der Waals surface area contributed by atoms with Gasteiger partial charge in [0.05, 0.1) is 6.10 Å². The van der Waals surface area contributed by atoms with Crippen LogP contribution in [-0.2, 0) is 13.0 Å². The third kappa shape index (κ3) is 2.80. The minimum atomic E-state index is -0.324. The molecule has 1 unspecified atom stereocenters. The van der Waals surface area contributed by atoms with Gasteiger partial charge in [0.2, 0.25) is 0 Å². The van der Waals surface area contributed by atoms with Crippen LogP contribution < -0.4 is 0 Å². The first-order valence-corrected chi connectivity index (χ1v) is 5.19. The van der Waals surface area contributed by atoms with Crippen molar-refractivity contribution in [3.63, 3.8) is 0 Å². The second-order valence-corrected chi connectivity index (χ2v) is 3.91. The van der Waals surface area contributed by atoms with Crippen LogP contribution in [0.3, 0.4) is 0 Å². The maximum absolute atomic E-state index is 9.71. The first-order chi connectivity index (χ1) is 6.65. The molecular weight excluding hydrogens is 178 g/mol. The van der Waals surface area contributed by atoms with E-state index in [4.69, 9.17) is 0 Å². The molecule has 4 heteroatoms. The molecule has 4 nitrogen and oxygen atoms in total. The Morgan fingerprint density at radius 2 is 2.21 bits per heavy atom. The molecule has 1 atom stereocenters. The molecule has 0 spiro atoms. The number of hydrogen-bond donors (Lipinski definition) is 1. The van der Waals surface area contributed by atoms with Crippen molar-refractivity contribution in [1.82, 2.24) is 14.8 Å². The molecule has 0 fully saturated rings. The fourth-order valence-electron chi connectivity index (χ4n) is 1.27. The monoisotopic (exact) mass is 197 g/mol. The average Bonchev–Trinajstić information content (AvgIpc) is 2.53. The Kier molecular flexibility index (Phi) is 4.07. The van der Waals surface area contributed by atoms with Gasteiger partial charge in [0.1, 0.15) is 12.2 Å². The highest BCUT2D eigenvalue weighted by Crippen LogP contribution is 2.08. The van der Waals surface area contributed by atoms with Gasteiger partial charge in [-0.1, -0.05) is 20.8 Å². The molecule has 0 aliphatic rings. The van der Waals surface area contributed by atoms with E-state index >= 15 is 0 Å². The molecule has 0 saturated carbocycles. The SMILES string of the molecule is CCCn1ncnc1CC(O)C(C)C. The van der Waals surface area contributed by atoms with Crippen molar-refractivity contribution in [2.75, 3.05) is 0 Å². The molecule has 0 aliphatic heterocycles. The van der Waals surface area contributed by atoms with Gasteiger partial charge in [-0.3, -0.25) is 4.68 Å². The molecule has 1 aromatic heterocycles. The maximum atomic E-state index is 9.71. The van der Waals surface area contributed by atoms with Crippen LogP contribution in [0.2, 0.25) is 0 Å². The van der Waals surface area contributed by atoms with E-state index < -0.39 is 0 Å². The number of aliphatic hydroxyl groups is 1. The molecule has 0 saturated heterocycles. The molecule has 1 N–H and O–H groups in total. The highest BCUT2D eigenvalue weighted by atomic mass is 16.3. The van der Waals surface area contributed by atoms with Crippen molar-refractivity contribution in [3.8, 4) is 0 Å². The van der Waals surface area contributed by atoms with E-state index in [2.05, 4.69) is 17.0 Å².